The minimum absolute atomic E-state index is 0.0493. The summed E-state index contributed by atoms with van der Waals surface area (Å²) in [5.74, 6) is -0.194. The second-order valence-electron chi connectivity index (χ2n) is 5.68. The first-order valence-corrected chi connectivity index (χ1v) is 8.10. The molecule has 2 aromatic carbocycles. The summed E-state index contributed by atoms with van der Waals surface area (Å²) in [7, 11) is 1.61. The quantitative estimate of drug-likeness (QED) is 0.548. The van der Waals surface area contributed by atoms with Crippen LogP contribution in [0.1, 0.15) is 5.56 Å². The van der Waals surface area contributed by atoms with Crippen molar-refractivity contribution in [1.29, 1.82) is 5.26 Å². The highest BCUT2D eigenvalue weighted by Crippen LogP contribution is 2.18. The lowest BCUT2D eigenvalue weighted by atomic mass is 10.2. The van der Waals surface area contributed by atoms with Crippen LogP contribution in [-0.2, 0) is 4.79 Å². The molecule has 0 aliphatic rings. The van der Waals surface area contributed by atoms with Crippen molar-refractivity contribution < 1.29 is 13.9 Å². The number of ether oxygens (including phenoxy) is 1. The summed E-state index contributed by atoms with van der Waals surface area (Å²) in [6.07, 6.45) is 5.14. The summed E-state index contributed by atoms with van der Waals surface area (Å²) in [6, 6.07) is 16.5. The summed E-state index contributed by atoms with van der Waals surface area (Å²) in [6.45, 7) is 0. The number of carbonyl (C=O) groups excluding carboxylic acids is 1. The van der Waals surface area contributed by atoms with Gasteiger partial charge >= 0.3 is 0 Å². The molecule has 1 N–H and O–H groups in total. The number of aromatic nitrogens is 1. The molecule has 5 nitrogen and oxygen atoms in total. The number of amides is 1. The van der Waals surface area contributed by atoms with E-state index in [1.165, 1.54) is 30.3 Å². The molecule has 27 heavy (non-hydrogen) atoms. The number of hydrogen-bond acceptors (Lipinski definition) is 3. The van der Waals surface area contributed by atoms with Crippen molar-refractivity contribution in [2.75, 3.05) is 12.4 Å². The molecule has 0 spiro atoms. The molecule has 1 heterocycles. The van der Waals surface area contributed by atoms with Gasteiger partial charge in [-0.1, -0.05) is 0 Å². The summed E-state index contributed by atoms with van der Waals surface area (Å²) in [5.41, 5.74) is 1.99. The van der Waals surface area contributed by atoms with Crippen LogP contribution in [0, 0.1) is 17.1 Å². The molecule has 6 heteroatoms. The van der Waals surface area contributed by atoms with Gasteiger partial charge in [-0.2, -0.15) is 5.26 Å². The van der Waals surface area contributed by atoms with E-state index in [0.29, 0.717) is 11.3 Å². The van der Waals surface area contributed by atoms with E-state index in [1.807, 2.05) is 47.3 Å². The number of hydrogen-bond donors (Lipinski definition) is 1. The standard InChI is InChI=1S/C21H16FN3O2/c1-27-20-8-6-19(7-9-20)25-11-10-15(14-25)12-16(13-23)21(26)24-18-4-2-17(22)3-5-18/h2-12,14H,1H3,(H,24,26)/b16-12+. The van der Waals surface area contributed by atoms with Crippen LogP contribution < -0.4 is 10.1 Å². The highest BCUT2D eigenvalue weighted by molar-refractivity contribution is 6.09. The van der Waals surface area contributed by atoms with Crippen LogP contribution in [0.25, 0.3) is 11.8 Å². The fourth-order valence-electron chi connectivity index (χ4n) is 2.46. The van der Waals surface area contributed by atoms with Crippen molar-refractivity contribution >= 4 is 17.7 Å². The van der Waals surface area contributed by atoms with E-state index in [9.17, 15) is 14.4 Å². The van der Waals surface area contributed by atoms with Gasteiger partial charge in [0.25, 0.3) is 5.91 Å². The van der Waals surface area contributed by atoms with Gasteiger partial charge < -0.3 is 14.6 Å². The number of benzene rings is 2. The zero-order valence-electron chi connectivity index (χ0n) is 14.5. The lowest BCUT2D eigenvalue weighted by molar-refractivity contribution is -0.112. The number of nitrogens with zero attached hydrogens (tertiary/aromatic N) is 2. The first-order chi connectivity index (χ1) is 13.1. The largest absolute Gasteiger partial charge is 0.497 e. The van der Waals surface area contributed by atoms with Crippen molar-refractivity contribution in [3.05, 3.63) is 83.9 Å². The molecule has 3 aromatic rings. The molecule has 1 amide bonds. The number of methoxy groups -OCH3 is 1. The zero-order chi connectivity index (χ0) is 19.2. The molecule has 0 aliphatic carbocycles. The molecule has 0 saturated carbocycles. The number of nitriles is 1. The van der Waals surface area contributed by atoms with Crippen LogP contribution in [0.2, 0.25) is 0 Å². The molecule has 1 aromatic heterocycles. The van der Waals surface area contributed by atoms with E-state index < -0.39 is 11.7 Å². The molecule has 0 radical (unpaired) electrons. The molecule has 0 bridgehead atoms. The Balaban J connectivity index is 1.77. The van der Waals surface area contributed by atoms with Crippen molar-refractivity contribution in [3.8, 4) is 17.5 Å². The van der Waals surface area contributed by atoms with Crippen molar-refractivity contribution in [1.82, 2.24) is 4.57 Å². The predicted molar refractivity (Wildman–Crippen MR) is 101 cm³/mol. The molecule has 0 aliphatic heterocycles. The lowest BCUT2D eigenvalue weighted by Crippen LogP contribution is -2.13. The molecular formula is C21H16FN3O2. The molecule has 0 atom stereocenters. The number of carbonyl (C=O) groups is 1. The maximum Gasteiger partial charge on any atom is 0.266 e. The summed E-state index contributed by atoms with van der Waals surface area (Å²) < 4.78 is 19.9. The van der Waals surface area contributed by atoms with Gasteiger partial charge in [0.05, 0.1) is 7.11 Å². The van der Waals surface area contributed by atoms with E-state index in [2.05, 4.69) is 5.32 Å². The first kappa shape index (κ1) is 18.0. The van der Waals surface area contributed by atoms with Gasteiger partial charge in [-0.3, -0.25) is 4.79 Å². The monoisotopic (exact) mass is 361 g/mol. The molecule has 0 unspecified atom stereocenters. The fraction of sp³-hybridized carbons (Fsp3) is 0.0476. The highest BCUT2D eigenvalue weighted by atomic mass is 19.1. The van der Waals surface area contributed by atoms with E-state index >= 15 is 0 Å². The second kappa shape index (κ2) is 8.02. The topological polar surface area (TPSA) is 67.0 Å². The minimum Gasteiger partial charge on any atom is -0.497 e. The number of nitrogens with one attached hydrogen (secondary N) is 1. The third-order valence-electron chi connectivity index (χ3n) is 3.86. The number of anilines is 1. The van der Waals surface area contributed by atoms with Crippen LogP contribution in [0.5, 0.6) is 5.75 Å². The van der Waals surface area contributed by atoms with Crippen LogP contribution in [0.15, 0.2) is 72.6 Å². The van der Waals surface area contributed by atoms with Crippen molar-refractivity contribution in [3.63, 3.8) is 0 Å². The van der Waals surface area contributed by atoms with E-state index in [4.69, 9.17) is 4.74 Å². The Kier molecular flexibility index (Phi) is 5.33. The number of halogens is 1. The maximum atomic E-state index is 12.9. The van der Waals surface area contributed by atoms with Gasteiger partial charge in [-0.05, 0) is 66.2 Å². The Morgan fingerprint density at radius 2 is 1.85 bits per heavy atom. The number of rotatable bonds is 5. The Labute approximate surface area is 155 Å². The van der Waals surface area contributed by atoms with Gasteiger partial charge in [-0.25, -0.2) is 4.39 Å². The highest BCUT2D eigenvalue weighted by Gasteiger charge is 2.10. The van der Waals surface area contributed by atoms with E-state index in [0.717, 1.165) is 11.4 Å². The van der Waals surface area contributed by atoms with Crippen molar-refractivity contribution in [2.24, 2.45) is 0 Å². The summed E-state index contributed by atoms with van der Waals surface area (Å²) in [4.78, 5) is 12.3. The van der Waals surface area contributed by atoms with Crippen LogP contribution in [0.3, 0.4) is 0 Å². The Hall–Kier alpha value is -3.85. The lowest BCUT2D eigenvalue weighted by Gasteiger charge is -2.04. The summed E-state index contributed by atoms with van der Waals surface area (Å²) >= 11 is 0. The smallest absolute Gasteiger partial charge is 0.266 e. The Bertz CT molecular complexity index is 1010. The fourth-order valence-corrected chi connectivity index (χ4v) is 2.46. The predicted octanol–water partition coefficient (Wildman–Crippen LogP) is 4.17. The third-order valence-corrected chi connectivity index (χ3v) is 3.86. The average molecular weight is 361 g/mol. The second-order valence-corrected chi connectivity index (χ2v) is 5.68. The Morgan fingerprint density at radius 3 is 2.48 bits per heavy atom. The van der Waals surface area contributed by atoms with Crippen molar-refractivity contribution in [2.45, 2.75) is 0 Å². The normalized spacial score (nSPS) is 10.9. The zero-order valence-corrected chi connectivity index (χ0v) is 14.5. The maximum absolute atomic E-state index is 12.9. The van der Waals surface area contributed by atoms with Crippen LogP contribution in [0.4, 0.5) is 10.1 Å². The molecule has 3 rings (SSSR count). The molecule has 0 fully saturated rings. The summed E-state index contributed by atoms with van der Waals surface area (Å²) in [5, 5.41) is 11.9. The van der Waals surface area contributed by atoms with E-state index in [-0.39, 0.29) is 5.57 Å². The van der Waals surface area contributed by atoms with Crippen LogP contribution in [-0.4, -0.2) is 17.6 Å². The van der Waals surface area contributed by atoms with Gasteiger partial charge in [0, 0.05) is 23.8 Å². The van der Waals surface area contributed by atoms with E-state index in [1.54, 1.807) is 13.2 Å². The molecule has 0 saturated heterocycles. The van der Waals surface area contributed by atoms with Gasteiger partial charge in [0.1, 0.15) is 23.2 Å². The minimum atomic E-state index is -0.554. The molecule has 134 valence electrons. The van der Waals surface area contributed by atoms with Gasteiger partial charge in [0.15, 0.2) is 0 Å². The average Bonchev–Trinajstić information content (AvgIpc) is 3.16. The first-order valence-electron chi connectivity index (χ1n) is 8.10. The van der Waals surface area contributed by atoms with Crippen LogP contribution >= 0.6 is 0 Å². The molecular weight excluding hydrogens is 345 g/mol. The third kappa shape index (κ3) is 4.41. The Morgan fingerprint density at radius 1 is 1.15 bits per heavy atom. The SMILES string of the molecule is COc1ccc(-n2ccc(/C=C(\C#N)C(=O)Nc3ccc(F)cc3)c2)cc1. The van der Waals surface area contributed by atoms with Gasteiger partial charge in [0.2, 0.25) is 0 Å². The van der Waals surface area contributed by atoms with Gasteiger partial charge in [-0.15, -0.1) is 0 Å².